The maximum atomic E-state index is 12.3. The van der Waals surface area contributed by atoms with Crippen molar-refractivity contribution < 1.29 is 4.79 Å². The lowest BCUT2D eigenvalue weighted by Gasteiger charge is -2.21. The predicted molar refractivity (Wildman–Crippen MR) is 83.8 cm³/mol. The van der Waals surface area contributed by atoms with Crippen LogP contribution in [0.4, 0.5) is 0 Å². The maximum absolute atomic E-state index is 12.3. The van der Waals surface area contributed by atoms with Crippen LogP contribution in [0.1, 0.15) is 23.7 Å². The van der Waals surface area contributed by atoms with Crippen molar-refractivity contribution in [1.29, 1.82) is 0 Å². The molecule has 1 aromatic rings. The van der Waals surface area contributed by atoms with Gasteiger partial charge in [0, 0.05) is 27.0 Å². The highest BCUT2D eigenvalue weighted by molar-refractivity contribution is 14.1. The number of nitrogens with zero attached hydrogens (tertiary/aromatic N) is 1. The fourth-order valence-electron chi connectivity index (χ4n) is 1.52. The van der Waals surface area contributed by atoms with Crippen molar-refractivity contribution in [3.63, 3.8) is 0 Å². The first kappa shape index (κ1) is 15.2. The van der Waals surface area contributed by atoms with Gasteiger partial charge < -0.3 is 4.90 Å². The van der Waals surface area contributed by atoms with Gasteiger partial charge in [0.15, 0.2) is 0 Å². The quantitative estimate of drug-likeness (QED) is 0.508. The van der Waals surface area contributed by atoms with Gasteiger partial charge in [0.05, 0.1) is 5.56 Å². The lowest BCUT2D eigenvalue weighted by molar-refractivity contribution is 0.0764. The zero-order chi connectivity index (χ0) is 12.8. The molecule has 0 fully saturated rings. The molecule has 5 heteroatoms. The molecule has 0 saturated heterocycles. The van der Waals surface area contributed by atoms with Crippen molar-refractivity contribution in [3.8, 4) is 0 Å². The monoisotopic (exact) mass is 429 g/mol. The summed E-state index contributed by atoms with van der Waals surface area (Å²) >= 11 is 11.3. The van der Waals surface area contributed by atoms with Gasteiger partial charge in [-0.25, -0.2) is 0 Å². The summed E-state index contributed by atoms with van der Waals surface area (Å²) in [5, 5.41) is 0. The molecule has 0 aliphatic heterocycles. The highest BCUT2D eigenvalue weighted by atomic mass is 127. The van der Waals surface area contributed by atoms with E-state index in [4.69, 9.17) is 11.6 Å². The zero-order valence-corrected chi connectivity index (χ0v) is 14.0. The zero-order valence-electron chi connectivity index (χ0n) is 9.55. The van der Waals surface area contributed by atoms with Gasteiger partial charge in [-0.05, 0) is 63.1 Å². The number of hydrogen-bond donors (Lipinski definition) is 0. The summed E-state index contributed by atoms with van der Waals surface area (Å²) in [7, 11) is 0. The number of amides is 1. The van der Waals surface area contributed by atoms with E-state index in [2.05, 4.69) is 45.4 Å². The fraction of sp³-hybridized carbons (Fsp3) is 0.417. The number of benzene rings is 1. The van der Waals surface area contributed by atoms with Crippen molar-refractivity contribution in [3.05, 3.63) is 31.8 Å². The van der Waals surface area contributed by atoms with Gasteiger partial charge in [0.2, 0.25) is 0 Å². The molecule has 0 bridgehead atoms. The minimum atomic E-state index is 0.0397. The predicted octanol–water partition coefficient (Wildman–Crippen LogP) is 4.14. The highest BCUT2D eigenvalue weighted by Gasteiger charge is 2.17. The molecule has 0 unspecified atom stereocenters. The lowest BCUT2D eigenvalue weighted by atomic mass is 10.2. The Bertz CT molecular complexity index is 394. The summed E-state index contributed by atoms with van der Waals surface area (Å²) in [6.07, 6.45) is 0.935. The number of carbonyl (C=O) groups excluding carboxylic acids is 1. The highest BCUT2D eigenvalue weighted by Crippen LogP contribution is 2.21. The van der Waals surface area contributed by atoms with Crippen LogP contribution in [0.3, 0.4) is 0 Å². The first-order chi connectivity index (χ1) is 8.10. The van der Waals surface area contributed by atoms with Gasteiger partial charge in [-0.2, -0.15) is 0 Å². The topological polar surface area (TPSA) is 20.3 Å². The molecule has 0 aromatic heterocycles. The van der Waals surface area contributed by atoms with Gasteiger partial charge in [0.1, 0.15) is 0 Å². The Morgan fingerprint density at radius 1 is 1.47 bits per heavy atom. The van der Waals surface area contributed by atoms with Crippen molar-refractivity contribution in [2.45, 2.75) is 13.3 Å². The van der Waals surface area contributed by atoms with E-state index in [0.29, 0.717) is 18.0 Å². The van der Waals surface area contributed by atoms with Crippen LogP contribution in [-0.4, -0.2) is 29.8 Å². The molecule has 0 saturated carbocycles. The third kappa shape index (κ3) is 4.41. The first-order valence-electron chi connectivity index (χ1n) is 5.40. The molecular weight excluding hydrogens is 416 g/mol. The Labute approximate surface area is 129 Å². The summed E-state index contributed by atoms with van der Waals surface area (Å²) in [5.41, 5.74) is 0.704. The molecule has 0 spiro atoms. The summed E-state index contributed by atoms with van der Waals surface area (Å²) in [6.45, 7) is 3.38. The van der Waals surface area contributed by atoms with Crippen LogP contribution >= 0.6 is 50.1 Å². The Morgan fingerprint density at radius 2 is 2.18 bits per heavy atom. The average molecular weight is 431 g/mol. The third-order valence-corrected chi connectivity index (χ3v) is 3.83. The van der Waals surface area contributed by atoms with Crippen molar-refractivity contribution in [2.24, 2.45) is 0 Å². The van der Waals surface area contributed by atoms with Gasteiger partial charge in [0.25, 0.3) is 5.91 Å². The maximum Gasteiger partial charge on any atom is 0.255 e. The Balaban J connectivity index is 2.95. The molecule has 1 rings (SSSR count). The molecule has 0 aliphatic carbocycles. The van der Waals surface area contributed by atoms with Crippen LogP contribution in [-0.2, 0) is 0 Å². The number of hydrogen-bond acceptors (Lipinski definition) is 1. The molecule has 0 N–H and O–H groups in total. The van der Waals surface area contributed by atoms with Gasteiger partial charge in [-0.1, -0.05) is 6.92 Å². The van der Waals surface area contributed by atoms with Gasteiger partial charge >= 0.3 is 0 Å². The van der Waals surface area contributed by atoms with Crippen LogP contribution < -0.4 is 0 Å². The van der Waals surface area contributed by atoms with Crippen LogP contribution in [0.25, 0.3) is 0 Å². The second-order valence-corrected chi connectivity index (χ2v) is 6.08. The normalized spacial score (nSPS) is 10.4. The minimum Gasteiger partial charge on any atom is -0.337 e. The van der Waals surface area contributed by atoms with E-state index in [1.807, 2.05) is 18.2 Å². The lowest BCUT2D eigenvalue weighted by Crippen LogP contribution is -2.33. The Hall–Kier alpha value is 0.190. The molecule has 17 heavy (non-hydrogen) atoms. The van der Waals surface area contributed by atoms with Crippen molar-refractivity contribution in [1.82, 2.24) is 4.90 Å². The van der Waals surface area contributed by atoms with Gasteiger partial charge in [-0.3, -0.25) is 4.79 Å². The average Bonchev–Trinajstić information content (AvgIpc) is 2.31. The van der Waals surface area contributed by atoms with Crippen LogP contribution in [0.15, 0.2) is 22.7 Å². The van der Waals surface area contributed by atoms with E-state index in [1.54, 1.807) is 4.90 Å². The summed E-state index contributed by atoms with van der Waals surface area (Å²) in [4.78, 5) is 14.1. The van der Waals surface area contributed by atoms with E-state index in [0.717, 1.165) is 21.0 Å². The molecule has 0 heterocycles. The molecule has 1 amide bonds. The van der Waals surface area contributed by atoms with E-state index < -0.39 is 0 Å². The minimum absolute atomic E-state index is 0.0397. The van der Waals surface area contributed by atoms with Crippen molar-refractivity contribution in [2.75, 3.05) is 19.0 Å². The second-order valence-electron chi connectivity index (χ2n) is 3.61. The van der Waals surface area contributed by atoms with E-state index >= 15 is 0 Å². The third-order valence-electron chi connectivity index (χ3n) is 2.29. The summed E-state index contributed by atoms with van der Waals surface area (Å²) in [5.74, 6) is 0.505. The molecule has 1 aromatic carbocycles. The SMILES string of the molecule is CCCN(CCCl)C(=O)c1cc(I)ccc1Br. The largest absolute Gasteiger partial charge is 0.337 e. The van der Waals surface area contributed by atoms with E-state index in [1.165, 1.54) is 0 Å². The van der Waals surface area contributed by atoms with Crippen LogP contribution in [0.2, 0.25) is 0 Å². The number of rotatable bonds is 5. The molecule has 0 radical (unpaired) electrons. The van der Waals surface area contributed by atoms with E-state index in [-0.39, 0.29) is 5.91 Å². The molecular formula is C12H14BrClINO. The van der Waals surface area contributed by atoms with E-state index in [9.17, 15) is 4.79 Å². The Kier molecular flexibility index (Phi) is 6.80. The first-order valence-corrected chi connectivity index (χ1v) is 7.81. The molecule has 0 atom stereocenters. The van der Waals surface area contributed by atoms with Gasteiger partial charge in [-0.15, -0.1) is 11.6 Å². The second kappa shape index (κ2) is 7.59. The number of carbonyl (C=O) groups is 1. The molecule has 2 nitrogen and oxygen atoms in total. The summed E-state index contributed by atoms with van der Waals surface area (Å²) < 4.78 is 1.88. The van der Waals surface area contributed by atoms with Crippen LogP contribution in [0, 0.1) is 3.57 Å². The summed E-state index contributed by atoms with van der Waals surface area (Å²) in [6, 6.07) is 5.76. The van der Waals surface area contributed by atoms with Crippen LogP contribution in [0.5, 0.6) is 0 Å². The standard InChI is InChI=1S/C12H14BrClINO/c1-2-6-16(7-5-14)12(17)10-8-9(15)3-4-11(10)13/h3-4,8H,2,5-7H2,1H3. The molecule has 94 valence electrons. The number of halogens is 3. The molecule has 0 aliphatic rings. The Morgan fingerprint density at radius 3 is 2.76 bits per heavy atom. The smallest absolute Gasteiger partial charge is 0.255 e. The number of alkyl halides is 1. The fourth-order valence-corrected chi connectivity index (χ4v) is 2.63. The van der Waals surface area contributed by atoms with Crippen molar-refractivity contribution >= 4 is 56.0 Å².